The van der Waals surface area contributed by atoms with Gasteiger partial charge in [0.25, 0.3) is 0 Å². The topological polar surface area (TPSA) is 38.8 Å². The molecule has 1 heterocycles. The Morgan fingerprint density at radius 2 is 1.91 bits per heavy atom. The van der Waals surface area contributed by atoms with Crippen LogP contribution in [0.4, 0.5) is 0 Å². The van der Waals surface area contributed by atoms with Gasteiger partial charge in [-0.3, -0.25) is 4.89 Å². The summed E-state index contributed by atoms with van der Waals surface area (Å²) in [4.78, 5) is 24.7. The largest absolute Gasteiger partial charge is 0.350 e. The van der Waals surface area contributed by atoms with E-state index < -0.39 is 0 Å². The first-order chi connectivity index (χ1) is 10.7. The molecule has 1 aliphatic heterocycles. The summed E-state index contributed by atoms with van der Waals surface area (Å²) in [5.41, 5.74) is 1.03. The third-order valence-corrected chi connectivity index (χ3v) is 4.96. The summed E-state index contributed by atoms with van der Waals surface area (Å²) < 4.78 is 0. The molecular weight excluding hydrogens is 334 g/mol. The minimum atomic E-state index is -0.262. The van der Waals surface area contributed by atoms with Gasteiger partial charge < -0.3 is 4.90 Å². The molecule has 2 rings (SSSR count). The first-order valence-electron chi connectivity index (χ1n) is 7.79. The van der Waals surface area contributed by atoms with Gasteiger partial charge in [-0.15, -0.1) is 12.4 Å². The quantitative estimate of drug-likeness (QED) is 0.424. The molecule has 0 radical (unpaired) electrons. The second-order valence-electron chi connectivity index (χ2n) is 5.87. The van der Waals surface area contributed by atoms with Crippen molar-refractivity contribution in [3.63, 3.8) is 0 Å². The summed E-state index contributed by atoms with van der Waals surface area (Å²) in [5.74, 6) is 2.09. The zero-order chi connectivity index (χ0) is 15.8. The third kappa shape index (κ3) is 6.71. The van der Waals surface area contributed by atoms with Crippen LogP contribution in [0.1, 0.15) is 24.3 Å². The number of rotatable bonds is 7. The van der Waals surface area contributed by atoms with Crippen LogP contribution in [0, 0.1) is 5.92 Å². The highest BCUT2D eigenvalue weighted by molar-refractivity contribution is 7.99. The molecule has 4 nitrogen and oxygen atoms in total. The first-order valence-corrected chi connectivity index (χ1v) is 8.94. The molecule has 0 bridgehead atoms. The second-order valence-corrected chi connectivity index (χ2v) is 7.09. The fourth-order valence-corrected chi connectivity index (χ4v) is 3.82. The smallest absolute Gasteiger partial charge is 0.307 e. The SMILES string of the molecule is CN(C)CCOOC(=O)C(c1ccccc1)C1CCSCC1.Cl. The highest BCUT2D eigenvalue weighted by atomic mass is 35.5. The summed E-state index contributed by atoms with van der Waals surface area (Å²) in [5, 5.41) is 0. The Hall–Kier alpha value is -0.750. The summed E-state index contributed by atoms with van der Waals surface area (Å²) >= 11 is 1.96. The lowest BCUT2D eigenvalue weighted by molar-refractivity contribution is -0.275. The van der Waals surface area contributed by atoms with E-state index >= 15 is 0 Å². The lowest BCUT2D eigenvalue weighted by Gasteiger charge is -2.28. The maximum atomic E-state index is 12.5. The number of carbonyl (C=O) groups excluding carboxylic acids is 1. The molecule has 0 saturated carbocycles. The van der Waals surface area contributed by atoms with Gasteiger partial charge in [0, 0.05) is 6.54 Å². The van der Waals surface area contributed by atoms with E-state index in [0.717, 1.165) is 36.5 Å². The Bertz CT molecular complexity index is 452. The van der Waals surface area contributed by atoms with Crippen molar-refractivity contribution in [2.45, 2.75) is 18.8 Å². The summed E-state index contributed by atoms with van der Waals surface area (Å²) in [6, 6.07) is 9.93. The van der Waals surface area contributed by atoms with Crippen molar-refractivity contribution in [2.75, 3.05) is 38.8 Å². The molecule has 23 heavy (non-hydrogen) atoms. The molecule has 1 aromatic rings. The number of hydrogen-bond donors (Lipinski definition) is 0. The number of nitrogens with zero attached hydrogens (tertiary/aromatic N) is 1. The van der Waals surface area contributed by atoms with Crippen LogP contribution >= 0.6 is 24.2 Å². The van der Waals surface area contributed by atoms with E-state index in [4.69, 9.17) is 9.78 Å². The molecule has 1 aromatic carbocycles. The molecule has 6 heteroatoms. The lowest BCUT2D eigenvalue weighted by Crippen LogP contribution is -2.28. The first kappa shape index (κ1) is 20.3. The molecule has 1 aliphatic rings. The Morgan fingerprint density at radius 3 is 2.52 bits per heavy atom. The van der Waals surface area contributed by atoms with E-state index in [9.17, 15) is 4.79 Å². The van der Waals surface area contributed by atoms with Crippen molar-refractivity contribution in [2.24, 2.45) is 5.92 Å². The molecule has 130 valence electrons. The molecule has 1 fully saturated rings. The molecule has 1 unspecified atom stereocenters. The normalized spacial score (nSPS) is 16.7. The number of benzene rings is 1. The van der Waals surface area contributed by atoms with Crippen LogP contribution in [-0.2, 0) is 14.6 Å². The van der Waals surface area contributed by atoms with Gasteiger partial charge >= 0.3 is 5.97 Å². The van der Waals surface area contributed by atoms with Gasteiger partial charge in [0.05, 0.1) is 5.92 Å². The van der Waals surface area contributed by atoms with Crippen LogP contribution in [0.2, 0.25) is 0 Å². The highest BCUT2D eigenvalue weighted by Gasteiger charge is 2.33. The zero-order valence-electron chi connectivity index (χ0n) is 13.8. The van der Waals surface area contributed by atoms with Crippen molar-refractivity contribution >= 4 is 30.1 Å². The van der Waals surface area contributed by atoms with Crippen molar-refractivity contribution < 1.29 is 14.6 Å². The van der Waals surface area contributed by atoms with Crippen LogP contribution in [0.25, 0.3) is 0 Å². The minimum absolute atomic E-state index is 0. The summed E-state index contributed by atoms with van der Waals surface area (Å²) in [6.07, 6.45) is 2.11. The maximum Gasteiger partial charge on any atom is 0.350 e. The predicted octanol–water partition coefficient (Wildman–Crippen LogP) is 3.37. The molecule has 0 amide bonds. The number of thioether (sulfide) groups is 1. The van der Waals surface area contributed by atoms with Crippen molar-refractivity contribution in [1.29, 1.82) is 0 Å². The number of halogens is 1. The standard InChI is InChI=1S/C17H25NO3S.ClH/c1-18(2)10-11-20-21-17(19)16(14-6-4-3-5-7-14)15-8-12-22-13-9-15;/h3-7,15-16H,8-13H2,1-2H3;1H. The van der Waals surface area contributed by atoms with Crippen molar-refractivity contribution in [3.8, 4) is 0 Å². The zero-order valence-corrected chi connectivity index (χ0v) is 15.4. The predicted molar refractivity (Wildman–Crippen MR) is 97.1 cm³/mol. The van der Waals surface area contributed by atoms with E-state index in [2.05, 4.69) is 0 Å². The molecule has 0 spiro atoms. The fourth-order valence-electron chi connectivity index (χ4n) is 2.68. The van der Waals surface area contributed by atoms with Crippen molar-refractivity contribution in [3.05, 3.63) is 35.9 Å². The number of hydrogen-bond acceptors (Lipinski definition) is 5. The van der Waals surface area contributed by atoms with Crippen LogP contribution in [0.3, 0.4) is 0 Å². The average Bonchev–Trinajstić information content (AvgIpc) is 2.54. The lowest BCUT2D eigenvalue weighted by atomic mass is 9.82. The van der Waals surface area contributed by atoms with Gasteiger partial charge in [0.1, 0.15) is 6.61 Å². The van der Waals surface area contributed by atoms with Crippen LogP contribution < -0.4 is 0 Å². The summed E-state index contributed by atoms with van der Waals surface area (Å²) in [6.45, 7) is 1.12. The van der Waals surface area contributed by atoms with Gasteiger partial charge in [0.2, 0.25) is 0 Å². The Balaban J connectivity index is 0.00000264. The third-order valence-electron chi connectivity index (χ3n) is 3.91. The van der Waals surface area contributed by atoms with Gasteiger partial charge in [-0.25, -0.2) is 4.79 Å². The summed E-state index contributed by atoms with van der Waals surface area (Å²) in [7, 11) is 3.91. The highest BCUT2D eigenvalue weighted by Crippen LogP contribution is 2.36. The molecule has 0 aliphatic carbocycles. The van der Waals surface area contributed by atoms with E-state index in [-0.39, 0.29) is 24.3 Å². The van der Waals surface area contributed by atoms with Gasteiger partial charge in [-0.2, -0.15) is 16.6 Å². The molecular formula is C17H26ClNO3S. The van der Waals surface area contributed by atoms with Crippen LogP contribution in [0.15, 0.2) is 30.3 Å². The number of carbonyl (C=O) groups is 1. The average molecular weight is 360 g/mol. The molecule has 0 aromatic heterocycles. The minimum Gasteiger partial charge on any atom is -0.307 e. The fraction of sp³-hybridized carbons (Fsp3) is 0.588. The molecule has 1 saturated heterocycles. The monoisotopic (exact) mass is 359 g/mol. The van der Waals surface area contributed by atoms with Crippen molar-refractivity contribution in [1.82, 2.24) is 4.90 Å². The van der Waals surface area contributed by atoms with Gasteiger partial charge in [-0.05, 0) is 49.9 Å². The van der Waals surface area contributed by atoms with Gasteiger partial charge in [-0.1, -0.05) is 30.3 Å². The molecule has 1 atom stereocenters. The van der Waals surface area contributed by atoms with E-state index in [0.29, 0.717) is 12.5 Å². The van der Waals surface area contributed by atoms with Crippen LogP contribution in [0.5, 0.6) is 0 Å². The Kier molecular flexibility index (Phi) is 9.63. The van der Waals surface area contributed by atoms with Crippen LogP contribution in [-0.4, -0.2) is 49.6 Å². The maximum absolute atomic E-state index is 12.5. The van der Waals surface area contributed by atoms with E-state index in [1.165, 1.54) is 0 Å². The van der Waals surface area contributed by atoms with E-state index in [1.54, 1.807) is 0 Å². The number of likely N-dealkylation sites (N-methyl/N-ethyl adjacent to an activating group) is 1. The Morgan fingerprint density at radius 1 is 1.26 bits per heavy atom. The second kappa shape index (κ2) is 10.9. The Labute approximate surface area is 149 Å². The van der Waals surface area contributed by atoms with E-state index in [1.807, 2.05) is 61.1 Å². The molecule has 0 N–H and O–H groups in total. The van der Waals surface area contributed by atoms with Gasteiger partial charge in [0.15, 0.2) is 0 Å².